The molecule has 0 radical (unpaired) electrons. The maximum Gasteiger partial charge on any atom is 0.251 e. The smallest absolute Gasteiger partial charge is 0.251 e. The monoisotopic (exact) mass is 289 g/mol. The highest BCUT2D eigenvalue weighted by Gasteiger charge is 2.08. The Bertz CT molecular complexity index is 599. The maximum atomic E-state index is 12.7. The number of nitrogens with one attached hydrogen (secondary N) is 1. The van der Waals surface area contributed by atoms with Gasteiger partial charge in [-0.05, 0) is 32.8 Å². The number of amides is 1. The molecule has 1 amide bonds. The highest BCUT2D eigenvalue weighted by atomic mass is 31.1. The molecule has 0 aromatic heterocycles. The zero-order chi connectivity index (χ0) is 14.4. The molecule has 0 heterocycles. The number of rotatable bonds is 5. The van der Waals surface area contributed by atoms with Crippen molar-refractivity contribution in [3.63, 3.8) is 0 Å². The summed E-state index contributed by atoms with van der Waals surface area (Å²) < 4.78 is 12.7. The van der Waals surface area contributed by atoms with Crippen molar-refractivity contribution >= 4 is 20.0 Å². The van der Waals surface area contributed by atoms with Gasteiger partial charge in [-0.25, -0.2) is 4.39 Å². The van der Waals surface area contributed by atoms with Crippen LogP contribution in [0.4, 0.5) is 4.39 Å². The van der Waals surface area contributed by atoms with Crippen molar-refractivity contribution in [3.8, 4) is 0 Å². The summed E-state index contributed by atoms with van der Waals surface area (Å²) in [6.45, 7) is 0. The SMILES string of the molecule is O=C(NCPC(=O)c1ccccc1)c1ccc(F)cc1. The van der Waals surface area contributed by atoms with Crippen LogP contribution in [0.5, 0.6) is 0 Å². The largest absolute Gasteiger partial charge is 0.348 e. The maximum absolute atomic E-state index is 12.7. The van der Waals surface area contributed by atoms with Crippen LogP contribution in [0.2, 0.25) is 0 Å². The number of carbonyl (C=O) groups is 2. The first-order valence-corrected chi connectivity index (χ1v) is 7.24. The first kappa shape index (κ1) is 14.4. The topological polar surface area (TPSA) is 46.2 Å². The lowest BCUT2D eigenvalue weighted by molar-refractivity contribution is 0.0960. The summed E-state index contributed by atoms with van der Waals surface area (Å²) in [5.41, 5.74) is 1.02. The van der Waals surface area contributed by atoms with E-state index in [1.807, 2.05) is 6.07 Å². The molecule has 0 aliphatic heterocycles. The molecule has 1 atom stereocenters. The van der Waals surface area contributed by atoms with Crippen molar-refractivity contribution in [2.24, 2.45) is 0 Å². The predicted molar refractivity (Wildman–Crippen MR) is 77.8 cm³/mol. The molecule has 2 rings (SSSR count). The van der Waals surface area contributed by atoms with Gasteiger partial charge in [0.05, 0.1) is 0 Å². The Hall–Kier alpha value is -2.06. The summed E-state index contributed by atoms with van der Waals surface area (Å²) in [5, 5.41) is 2.65. The first-order valence-electron chi connectivity index (χ1n) is 6.04. The summed E-state index contributed by atoms with van der Waals surface area (Å²) in [6.07, 6.45) is 0.282. The van der Waals surface area contributed by atoms with Gasteiger partial charge in [0.15, 0.2) is 5.52 Å². The van der Waals surface area contributed by atoms with Gasteiger partial charge in [-0.3, -0.25) is 9.59 Å². The van der Waals surface area contributed by atoms with Crippen molar-refractivity contribution in [2.75, 3.05) is 6.29 Å². The van der Waals surface area contributed by atoms with E-state index < -0.39 is 0 Å². The van der Waals surface area contributed by atoms with Crippen molar-refractivity contribution in [3.05, 3.63) is 71.5 Å². The molecule has 1 N–H and O–H groups in total. The van der Waals surface area contributed by atoms with Gasteiger partial charge < -0.3 is 5.32 Å². The third-order valence-electron chi connectivity index (χ3n) is 2.64. The fraction of sp³-hybridized carbons (Fsp3) is 0.0667. The van der Waals surface area contributed by atoms with E-state index in [1.165, 1.54) is 24.3 Å². The van der Waals surface area contributed by atoms with E-state index in [0.29, 0.717) is 11.1 Å². The molecule has 102 valence electrons. The van der Waals surface area contributed by atoms with E-state index >= 15 is 0 Å². The van der Waals surface area contributed by atoms with Gasteiger partial charge in [0.25, 0.3) is 5.91 Å². The van der Waals surface area contributed by atoms with Crippen molar-refractivity contribution < 1.29 is 14.0 Å². The molecule has 0 saturated carbocycles. The van der Waals surface area contributed by atoms with Gasteiger partial charge in [-0.2, -0.15) is 0 Å². The van der Waals surface area contributed by atoms with Crippen molar-refractivity contribution in [1.82, 2.24) is 5.32 Å². The Labute approximate surface area is 118 Å². The van der Waals surface area contributed by atoms with Gasteiger partial charge in [-0.15, -0.1) is 0 Å². The quantitative estimate of drug-likeness (QED) is 0.860. The molecule has 0 fully saturated rings. The summed E-state index contributed by atoms with van der Waals surface area (Å²) in [4.78, 5) is 23.6. The Morgan fingerprint density at radius 1 is 0.950 bits per heavy atom. The summed E-state index contributed by atoms with van der Waals surface area (Å²) in [6, 6.07) is 14.2. The molecule has 1 unspecified atom stereocenters. The molecule has 0 spiro atoms. The van der Waals surface area contributed by atoms with Crippen molar-refractivity contribution in [2.45, 2.75) is 0 Å². The van der Waals surface area contributed by atoms with Crippen LogP contribution in [-0.2, 0) is 0 Å². The molecule has 0 saturated heterocycles. The highest BCUT2D eigenvalue weighted by molar-refractivity contribution is 7.58. The van der Waals surface area contributed by atoms with E-state index in [1.54, 1.807) is 24.3 Å². The zero-order valence-corrected chi connectivity index (χ0v) is 11.6. The standard InChI is InChI=1S/C15H13FNO2P/c16-13-8-6-11(7-9-13)14(18)17-10-20-15(19)12-4-2-1-3-5-12/h1-9,20H,10H2,(H,17,18). The van der Waals surface area contributed by atoms with Crippen LogP contribution in [-0.4, -0.2) is 17.7 Å². The minimum atomic E-state index is -0.386. The van der Waals surface area contributed by atoms with E-state index in [0.717, 1.165) is 0 Å². The van der Waals surface area contributed by atoms with Gasteiger partial charge in [0.1, 0.15) is 5.82 Å². The summed E-state index contributed by atoms with van der Waals surface area (Å²) in [5.74, 6) is -0.693. The summed E-state index contributed by atoms with van der Waals surface area (Å²) >= 11 is 0. The fourth-order valence-electron chi connectivity index (χ4n) is 1.60. The Morgan fingerprint density at radius 3 is 2.25 bits per heavy atom. The third-order valence-corrected chi connectivity index (χ3v) is 3.60. The van der Waals surface area contributed by atoms with Gasteiger partial charge >= 0.3 is 0 Å². The lowest BCUT2D eigenvalue weighted by Crippen LogP contribution is -2.22. The van der Waals surface area contributed by atoms with E-state index in [-0.39, 0.29) is 32.1 Å². The van der Waals surface area contributed by atoms with Crippen LogP contribution in [0.1, 0.15) is 20.7 Å². The van der Waals surface area contributed by atoms with Crippen LogP contribution >= 0.6 is 8.58 Å². The second kappa shape index (κ2) is 6.92. The molecular weight excluding hydrogens is 276 g/mol. The molecular formula is C15H13FNO2P. The van der Waals surface area contributed by atoms with Crippen LogP contribution in [0.25, 0.3) is 0 Å². The Morgan fingerprint density at radius 2 is 1.60 bits per heavy atom. The lowest BCUT2D eigenvalue weighted by atomic mass is 10.2. The molecule has 3 nitrogen and oxygen atoms in total. The van der Waals surface area contributed by atoms with Crippen LogP contribution < -0.4 is 5.32 Å². The molecule has 20 heavy (non-hydrogen) atoms. The number of halogens is 1. The number of carbonyl (C=O) groups excluding carboxylic acids is 2. The summed E-state index contributed by atoms with van der Waals surface area (Å²) in [7, 11) is -0.0261. The minimum absolute atomic E-state index is 0.00464. The molecule has 5 heteroatoms. The van der Waals surface area contributed by atoms with Crippen LogP contribution in [0.3, 0.4) is 0 Å². The second-order valence-corrected chi connectivity index (χ2v) is 5.22. The predicted octanol–water partition coefficient (Wildman–Crippen LogP) is 3.03. The second-order valence-electron chi connectivity index (χ2n) is 4.06. The van der Waals surface area contributed by atoms with Gasteiger partial charge in [-0.1, -0.05) is 30.3 Å². The van der Waals surface area contributed by atoms with E-state index in [9.17, 15) is 14.0 Å². The lowest BCUT2D eigenvalue weighted by Gasteiger charge is -2.05. The average Bonchev–Trinajstić information content (AvgIpc) is 2.48. The Kier molecular flexibility index (Phi) is 4.97. The molecule has 0 aliphatic carbocycles. The van der Waals surface area contributed by atoms with Gasteiger partial charge in [0, 0.05) is 17.4 Å². The normalized spacial score (nSPS) is 10.7. The van der Waals surface area contributed by atoms with Crippen LogP contribution in [0.15, 0.2) is 54.6 Å². The van der Waals surface area contributed by atoms with E-state index in [4.69, 9.17) is 0 Å². The highest BCUT2D eigenvalue weighted by Crippen LogP contribution is 2.17. The van der Waals surface area contributed by atoms with E-state index in [2.05, 4.69) is 5.32 Å². The molecule has 2 aromatic carbocycles. The molecule has 0 bridgehead atoms. The van der Waals surface area contributed by atoms with Crippen molar-refractivity contribution in [1.29, 1.82) is 0 Å². The first-order chi connectivity index (χ1) is 9.66. The zero-order valence-electron chi connectivity index (χ0n) is 10.6. The average molecular weight is 289 g/mol. The third kappa shape index (κ3) is 3.97. The molecule has 2 aromatic rings. The fourth-order valence-corrected chi connectivity index (χ4v) is 2.38. The van der Waals surface area contributed by atoms with Crippen LogP contribution in [0, 0.1) is 5.82 Å². The van der Waals surface area contributed by atoms with Gasteiger partial charge in [0.2, 0.25) is 0 Å². The molecule has 0 aliphatic rings. The number of benzene rings is 2. The Balaban J connectivity index is 1.83. The number of hydrogen-bond donors (Lipinski definition) is 1. The number of hydrogen-bond acceptors (Lipinski definition) is 2. The minimum Gasteiger partial charge on any atom is -0.348 e.